The van der Waals surface area contributed by atoms with Gasteiger partial charge in [0.05, 0.1) is 12.7 Å². The van der Waals surface area contributed by atoms with E-state index in [-0.39, 0.29) is 0 Å². The molecule has 1 atom stereocenters. The molecule has 5 nitrogen and oxygen atoms in total. The molecule has 0 bridgehead atoms. The third-order valence-corrected chi connectivity index (χ3v) is 2.69. The fourth-order valence-corrected chi connectivity index (χ4v) is 1.76. The summed E-state index contributed by atoms with van der Waals surface area (Å²) in [6.07, 6.45) is 0. The Morgan fingerprint density at radius 2 is 1.85 bits per heavy atom. The molecule has 0 saturated heterocycles. The van der Waals surface area contributed by atoms with E-state index >= 15 is 0 Å². The van der Waals surface area contributed by atoms with Crippen molar-refractivity contribution in [3.63, 3.8) is 0 Å². The Morgan fingerprint density at radius 1 is 1.25 bits per heavy atom. The number of rotatable bonds is 3. The number of benzene rings is 1. The SMILES string of the molecule is COC(=O)c1ccc(C(N)C(=O)OC(C)(C)C)c(C)c1. The number of hydrogen-bond donors (Lipinski definition) is 1. The molecule has 0 saturated carbocycles. The van der Waals surface area contributed by atoms with Crippen molar-refractivity contribution >= 4 is 11.9 Å². The molecule has 1 unspecified atom stereocenters. The Hall–Kier alpha value is -1.88. The number of aryl methyl sites for hydroxylation is 1. The van der Waals surface area contributed by atoms with Gasteiger partial charge in [0.25, 0.3) is 0 Å². The molecule has 0 heterocycles. The fourth-order valence-electron chi connectivity index (χ4n) is 1.76. The second kappa shape index (κ2) is 6.05. The van der Waals surface area contributed by atoms with Crippen LogP contribution in [-0.2, 0) is 14.3 Å². The van der Waals surface area contributed by atoms with Crippen molar-refractivity contribution in [2.24, 2.45) is 5.73 Å². The van der Waals surface area contributed by atoms with Gasteiger partial charge < -0.3 is 15.2 Å². The van der Waals surface area contributed by atoms with Crippen LogP contribution < -0.4 is 5.73 Å². The highest BCUT2D eigenvalue weighted by Crippen LogP contribution is 2.21. The summed E-state index contributed by atoms with van der Waals surface area (Å²) in [5.74, 6) is -0.920. The lowest BCUT2D eigenvalue weighted by Gasteiger charge is -2.23. The molecular weight excluding hydrogens is 258 g/mol. The van der Waals surface area contributed by atoms with E-state index < -0.39 is 23.6 Å². The predicted molar refractivity (Wildman–Crippen MR) is 75.3 cm³/mol. The number of methoxy groups -OCH3 is 1. The highest BCUT2D eigenvalue weighted by Gasteiger charge is 2.24. The van der Waals surface area contributed by atoms with Crippen LogP contribution in [0, 0.1) is 6.92 Å². The van der Waals surface area contributed by atoms with Crippen molar-refractivity contribution in [2.75, 3.05) is 7.11 Å². The first kappa shape index (κ1) is 16.2. The number of carbonyl (C=O) groups excluding carboxylic acids is 2. The standard InChI is InChI=1S/C15H21NO4/c1-9-8-10(13(17)19-5)6-7-11(9)12(16)14(18)20-15(2,3)4/h6-8,12H,16H2,1-5H3. The lowest BCUT2D eigenvalue weighted by Crippen LogP contribution is -2.32. The van der Waals surface area contributed by atoms with Gasteiger partial charge >= 0.3 is 11.9 Å². The number of hydrogen-bond acceptors (Lipinski definition) is 5. The monoisotopic (exact) mass is 279 g/mol. The fraction of sp³-hybridized carbons (Fsp3) is 0.467. The molecule has 2 N–H and O–H groups in total. The minimum Gasteiger partial charge on any atom is -0.465 e. The molecule has 0 aliphatic heterocycles. The van der Waals surface area contributed by atoms with Crippen LogP contribution in [0.15, 0.2) is 18.2 Å². The zero-order chi connectivity index (χ0) is 15.5. The first-order chi connectivity index (χ1) is 9.15. The van der Waals surface area contributed by atoms with Crippen LogP contribution in [0.3, 0.4) is 0 Å². The Kier molecular flexibility index (Phi) is 4.89. The summed E-state index contributed by atoms with van der Waals surface area (Å²) in [5.41, 5.74) is 7.12. The van der Waals surface area contributed by atoms with Gasteiger partial charge in [-0.1, -0.05) is 6.07 Å². The Bertz CT molecular complexity index is 517. The molecule has 0 amide bonds. The maximum atomic E-state index is 11.9. The van der Waals surface area contributed by atoms with Gasteiger partial charge in [0.2, 0.25) is 0 Å². The molecule has 110 valence electrons. The Morgan fingerprint density at radius 3 is 2.30 bits per heavy atom. The van der Waals surface area contributed by atoms with Gasteiger partial charge in [-0.2, -0.15) is 0 Å². The van der Waals surface area contributed by atoms with Crippen LogP contribution in [0.5, 0.6) is 0 Å². The number of ether oxygens (including phenoxy) is 2. The molecule has 0 spiro atoms. The van der Waals surface area contributed by atoms with E-state index in [1.54, 1.807) is 45.9 Å². The van der Waals surface area contributed by atoms with Crippen molar-refractivity contribution in [1.82, 2.24) is 0 Å². The number of carbonyl (C=O) groups is 2. The third kappa shape index (κ3) is 4.06. The maximum Gasteiger partial charge on any atom is 0.337 e. The van der Waals surface area contributed by atoms with Gasteiger partial charge in [0.15, 0.2) is 0 Å². The Balaban J connectivity index is 2.97. The van der Waals surface area contributed by atoms with E-state index in [0.717, 1.165) is 5.56 Å². The molecule has 5 heteroatoms. The minimum atomic E-state index is -0.874. The summed E-state index contributed by atoms with van der Waals surface area (Å²) in [7, 11) is 1.32. The van der Waals surface area contributed by atoms with Gasteiger partial charge in [0, 0.05) is 0 Å². The molecule has 0 radical (unpaired) electrons. The van der Waals surface area contributed by atoms with E-state index in [1.165, 1.54) is 7.11 Å². The van der Waals surface area contributed by atoms with Crippen molar-refractivity contribution < 1.29 is 19.1 Å². The summed E-state index contributed by atoms with van der Waals surface area (Å²) in [5, 5.41) is 0. The first-order valence-electron chi connectivity index (χ1n) is 6.33. The smallest absolute Gasteiger partial charge is 0.337 e. The molecule has 0 aliphatic rings. The maximum absolute atomic E-state index is 11.9. The number of esters is 2. The molecule has 0 fully saturated rings. The topological polar surface area (TPSA) is 78.6 Å². The third-order valence-electron chi connectivity index (χ3n) is 2.69. The van der Waals surface area contributed by atoms with Crippen molar-refractivity contribution in [3.05, 3.63) is 34.9 Å². The number of nitrogens with two attached hydrogens (primary N) is 1. The second-order valence-corrected chi connectivity index (χ2v) is 5.57. The van der Waals surface area contributed by atoms with Crippen molar-refractivity contribution in [1.29, 1.82) is 0 Å². The highest BCUT2D eigenvalue weighted by molar-refractivity contribution is 5.90. The van der Waals surface area contributed by atoms with E-state index in [2.05, 4.69) is 4.74 Å². The summed E-state index contributed by atoms with van der Waals surface area (Å²) in [6.45, 7) is 7.13. The largest absolute Gasteiger partial charge is 0.465 e. The highest BCUT2D eigenvalue weighted by atomic mass is 16.6. The van der Waals surface area contributed by atoms with Crippen molar-refractivity contribution in [3.8, 4) is 0 Å². The molecule has 0 aromatic heterocycles. The van der Waals surface area contributed by atoms with E-state index in [0.29, 0.717) is 11.1 Å². The summed E-state index contributed by atoms with van der Waals surface area (Å²) in [4.78, 5) is 23.4. The Labute approximate surface area is 119 Å². The normalized spacial score (nSPS) is 12.7. The van der Waals surface area contributed by atoms with E-state index in [9.17, 15) is 9.59 Å². The zero-order valence-electron chi connectivity index (χ0n) is 12.5. The molecular formula is C15H21NO4. The average molecular weight is 279 g/mol. The quantitative estimate of drug-likeness (QED) is 0.857. The lowest BCUT2D eigenvalue weighted by molar-refractivity contribution is -0.156. The van der Waals surface area contributed by atoms with Crippen LogP contribution in [0.25, 0.3) is 0 Å². The van der Waals surface area contributed by atoms with Crippen LogP contribution >= 0.6 is 0 Å². The molecule has 0 aliphatic carbocycles. The molecule has 1 rings (SSSR count). The van der Waals surface area contributed by atoms with Gasteiger partial charge in [-0.3, -0.25) is 0 Å². The lowest BCUT2D eigenvalue weighted by atomic mass is 9.99. The molecule has 20 heavy (non-hydrogen) atoms. The predicted octanol–water partition coefficient (Wildman–Crippen LogP) is 2.12. The van der Waals surface area contributed by atoms with E-state index in [4.69, 9.17) is 10.5 Å². The minimum absolute atomic E-state index is 0.421. The van der Waals surface area contributed by atoms with Gasteiger partial charge in [-0.05, 0) is 51.0 Å². The van der Waals surface area contributed by atoms with Crippen LogP contribution in [0.1, 0.15) is 48.3 Å². The van der Waals surface area contributed by atoms with Crippen molar-refractivity contribution in [2.45, 2.75) is 39.3 Å². The summed E-state index contributed by atoms with van der Waals surface area (Å²) >= 11 is 0. The second-order valence-electron chi connectivity index (χ2n) is 5.57. The van der Waals surface area contributed by atoms with Gasteiger partial charge in [-0.15, -0.1) is 0 Å². The van der Waals surface area contributed by atoms with Crippen LogP contribution in [-0.4, -0.2) is 24.6 Å². The van der Waals surface area contributed by atoms with Gasteiger partial charge in [-0.25, -0.2) is 9.59 Å². The van der Waals surface area contributed by atoms with Crippen LogP contribution in [0.4, 0.5) is 0 Å². The van der Waals surface area contributed by atoms with E-state index in [1.807, 2.05) is 0 Å². The summed E-state index contributed by atoms with van der Waals surface area (Å²) < 4.78 is 9.90. The average Bonchev–Trinajstić information content (AvgIpc) is 2.34. The first-order valence-corrected chi connectivity index (χ1v) is 6.33. The van der Waals surface area contributed by atoms with Crippen LogP contribution in [0.2, 0.25) is 0 Å². The zero-order valence-corrected chi connectivity index (χ0v) is 12.5. The summed E-state index contributed by atoms with van der Waals surface area (Å²) in [6, 6.07) is 4.00. The molecule has 1 aromatic carbocycles. The van der Waals surface area contributed by atoms with Gasteiger partial charge in [0.1, 0.15) is 11.6 Å². The molecule has 1 aromatic rings.